The van der Waals surface area contributed by atoms with Crippen LogP contribution in [0.15, 0.2) is 9.41 Å². The van der Waals surface area contributed by atoms with Crippen LogP contribution in [0.25, 0.3) is 0 Å². The molecule has 2 heterocycles. The van der Waals surface area contributed by atoms with Gasteiger partial charge in [-0.25, -0.2) is 4.98 Å². The molecule has 1 fully saturated rings. The maximum Gasteiger partial charge on any atom is 0.208 e. The number of aryl methyl sites for hydroxylation is 2. The highest BCUT2D eigenvalue weighted by Crippen LogP contribution is 2.19. The molecule has 144 valence electrons. The van der Waals surface area contributed by atoms with Gasteiger partial charge in [0.25, 0.3) is 0 Å². The summed E-state index contributed by atoms with van der Waals surface area (Å²) >= 11 is 0. The molecule has 0 saturated carbocycles. The fourth-order valence-electron chi connectivity index (χ4n) is 2.91. The highest BCUT2D eigenvalue weighted by Gasteiger charge is 2.21. The highest BCUT2D eigenvalue weighted by molar-refractivity contribution is 14.0. The van der Waals surface area contributed by atoms with Gasteiger partial charge in [0.2, 0.25) is 5.89 Å². The molecule has 0 aromatic carbocycles. The van der Waals surface area contributed by atoms with E-state index in [1.54, 1.807) is 0 Å². The quantitative estimate of drug-likeness (QED) is 0.386. The molecule has 1 aromatic rings. The predicted molar refractivity (Wildman–Crippen MR) is 114 cm³/mol. The molecule has 7 heteroatoms. The van der Waals surface area contributed by atoms with Crippen molar-refractivity contribution in [2.45, 2.75) is 47.1 Å². The molecule has 2 N–H and O–H groups in total. The first-order valence-electron chi connectivity index (χ1n) is 9.07. The zero-order valence-electron chi connectivity index (χ0n) is 16.3. The number of hydrogen-bond donors (Lipinski definition) is 2. The molecule has 0 spiro atoms. The van der Waals surface area contributed by atoms with Gasteiger partial charge < -0.3 is 15.1 Å². The number of oxazole rings is 1. The topological polar surface area (TPSA) is 65.7 Å². The Kier molecular flexibility index (Phi) is 9.78. The summed E-state index contributed by atoms with van der Waals surface area (Å²) in [5, 5.41) is 6.82. The molecule has 1 aliphatic heterocycles. The lowest BCUT2D eigenvalue weighted by atomic mass is 9.97. The van der Waals surface area contributed by atoms with Crippen molar-refractivity contribution < 1.29 is 4.42 Å². The van der Waals surface area contributed by atoms with E-state index in [1.165, 1.54) is 12.8 Å². The summed E-state index contributed by atoms with van der Waals surface area (Å²) in [5.41, 5.74) is 1.00. The summed E-state index contributed by atoms with van der Waals surface area (Å²) in [6.07, 6.45) is 2.40. The van der Waals surface area contributed by atoms with Gasteiger partial charge in [0.05, 0.1) is 12.2 Å². The van der Waals surface area contributed by atoms with Gasteiger partial charge in [-0.15, -0.1) is 24.0 Å². The van der Waals surface area contributed by atoms with Crippen LogP contribution in [0.2, 0.25) is 0 Å². The molecular formula is C18H34IN5O. The van der Waals surface area contributed by atoms with Crippen LogP contribution in [-0.2, 0) is 6.54 Å². The fraction of sp³-hybridized carbons (Fsp3) is 0.778. The first kappa shape index (κ1) is 22.2. The third kappa shape index (κ3) is 7.52. The van der Waals surface area contributed by atoms with Crippen molar-refractivity contribution in [1.29, 1.82) is 0 Å². The summed E-state index contributed by atoms with van der Waals surface area (Å²) in [7, 11) is 1.83. The number of hydrogen-bond acceptors (Lipinski definition) is 4. The van der Waals surface area contributed by atoms with Crippen molar-refractivity contribution in [3.63, 3.8) is 0 Å². The maximum atomic E-state index is 5.69. The Balaban J connectivity index is 0.00000312. The van der Waals surface area contributed by atoms with E-state index in [0.717, 1.165) is 56.0 Å². The smallest absolute Gasteiger partial charge is 0.208 e. The average Bonchev–Trinajstić information content (AvgIpc) is 2.86. The molecule has 6 nitrogen and oxygen atoms in total. The summed E-state index contributed by atoms with van der Waals surface area (Å²) < 4.78 is 5.69. The largest absolute Gasteiger partial charge is 0.444 e. The second-order valence-corrected chi connectivity index (χ2v) is 7.20. The van der Waals surface area contributed by atoms with Gasteiger partial charge in [0.1, 0.15) is 5.76 Å². The van der Waals surface area contributed by atoms with Crippen LogP contribution in [0.5, 0.6) is 0 Å². The molecule has 0 unspecified atom stereocenters. The fourth-order valence-corrected chi connectivity index (χ4v) is 2.91. The number of aromatic nitrogens is 1. The van der Waals surface area contributed by atoms with Gasteiger partial charge in [-0.1, -0.05) is 13.8 Å². The van der Waals surface area contributed by atoms with Crippen molar-refractivity contribution in [2.75, 3.05) is 33.2 Å². The molecule has 25 heavy (non-hydrogen) atoms. The number of aliphatic imine (C=N–C) groups is 1. The molecule has 2 rings (SSSR count). The van der Waals surface area contributed by atoms with Crippen molar-refractivity contribution >= 4 is 29.9 Å². The Morgan fingerprint density at radius 3 is 2.48 bits per heavy atom. The normalized spacial score (nSPS) is 16.8. The monoisotopic (exact) mass is 463 g/mol. The summed E-state index contributed by atoms with van der Waals surface area (Å²) in [5.74, 6) is 4.02. The third-order valence-corrected chi connectivity index (χ3v) is 4.60. The molecular weight excluding hydrogens is 429 g/mol. The Labute approximate surface area is 169 Å². The second kappa shape index (κ2) is 11.0. The number of halogens is 1. The van der Waals surface area contributed by atoms with Gasteiger partial charge in [-0.3, -0.25) is 9.89 Å². The Morgan fingerprint density at radius 2 is 1.96 bits per heavy atom. The van der Waals surface area contributed by atoms with Gasteiger partial charge in [0, 0.05) is 20.1 Å². The minimum absolute atomic E-state index is 0. The first-order valence-corrected chi connectivity index (χ1v) is 9.07. The van der Waals surface area contributed by atoms with Crippen LogP contribution in [0.1, 0.15) is 44.0 Å². The zero-order valence-corrected chi connectivity index (χ0v) is 18.6. The van der Waals surface area contributed by atoms with Crippen molar-refractivity contribution in [2.24, 2.45) is 16.8 Å². The summed E-state index contributed by atoms with van der Waals surface area (Å²) in [6, 6.07) is 0. The number of nitrogens with zero attached hydrogens (tertiary/aromatic N) is 3. The SMILES string of the molecule is CN=C(NCC(C)C)NCC1CCN(Cc2nc(C)c(C)o2)CC1.I. The lowest BCUT2D eigenvalue weighted by molar-refractivity contribution is 0.164. The van der Waals surface area contributed by atoms with E-state index in [2.05, 4.69) is 39.4 Å². The van der Waals surface area contributed by atoms with Gasteiger partial charge >= 0.3 is 0 Å². The molecule has 1 saturated heterocycles. The van der Waals surface area contributed by atoms with E-state index in [4.69, 9.17) is 4.42 Å². The number of nitrogens with one attached hydrogen (secondary N) is 2. The predicted octanol–water partition coefficient (Wildman–Crippen LogP) is 2.94. The van der Waals surface area contributed by atoms with E-state index in [-0.39, 0.29) is 24.0 Å². The molecule has 0 aliphatic carbocycles. The van der Waals surface area contributed by atoms with Crippen LogP contribution >= 0.6 is 24.0 Å². The lowest BCUT2D eigenvalue weighted by Crippen LogP contribution is -2.43. The van der Waals surface area contributed by atoms with E-state index < -0.39 is 0 Å². The average molecular weight is 463 g/mol. The van der Waals surface area contributed by atoms with E-state index in [1.807, 2.05) is 20.9 Å². The summed E-state index contributed by atoms with van der Waals surface area (Å²) in [4.78, 5) is 11.2. The van der Waals surface area contributed by atoms with Gasteiger partial charge in [-0.05, 0) is 51.6 Å². The zero-order chi connectivity index (χ0) is 17.5. The van der Waals surface area contributed by atoms with Crippen molar-refractivity contribution in [3.05, 3.63) is 17.3 Å². The first-order chi connectivity index (χ1) is 11.5. The van der Waals surface area contributed by atoms with Crippen LogP contribution in [0, 0.1) is 25.7 Å². The molecule has 1 aliphatic rings. The van der Waals surface area contributed by atoms with Crippen LogP contribution in [0.4, 0.5) is 0 Å². The van der Waals surface area contributed by atoms with Crippen LogP contribution < -0.4 is 10.6 Å². The van der Waals surface area contributed by atoms with E-state index in [9.17, 15) is 0 Å². The molecule has 0 bridgehead atoms. The Bertz CT molecular complexity index is 516. The maximum absolute atomic E-state index is 5.69. The number of guanidine groups is 1. The minimum atomic E-state index is 0. The van der Waals surface area contributed by atoms with Crippen LogP contribution in [-0.4, -0.2) is 49.1 Å². The second-order valence-electron chi connectivity index (χ2n) is 7.20. The number of rotatable bonds is 6. The Hall–Kier alpha value is -0.830. The van der Waals surface area contributed by atoms with E-state index >= 15 is 0 Å². The molecule has 1 aromatic heterocycles. The van der Waals surface area contributed by atoms with Crippen LogP contribution in [0.3, 0.4) is 0 Å². The van der Waals surface area contributed by atoms with Crippen molar-refractivity contribution in [1.82, 2.24) is 20.5 Å². The van der Waals surface area contributed by atoms with Gasteiger partial charge in [-0.2, -0.15) is 0 Å². The van der Waals surface area contributed by atoms with Crippen molar-refractivity contribution in [3.8, 4) is 0 Å². The number of likely N-dealkylation sites (tertiary alicyclic amines) is 1. The minimum Gasteiger partial charge on any atom is -0.444 e. The highest BCUT2D eigenvalue weighted by atomic mass is 127. The third-order valence-electron chi connectivity index (χ3n) is 4.60. The van der Waals surface area contributed by atoms with E-state index in [0.29, 0.717) is 11.8 Å². The number of piperidine rings is 1. The van der Waals surface area contributed by atoms with Gasteiger partial charge in [0.15, 0.2) is 5.96 Å². The Morgan fingerprint density at radius 1 is 1.28 bits per heavy atom. The molecule has 0 atom stereocenters. The lowest BCUT2D eigenvalue weighted by Gasteiger charge is -2.31. The molecule has 0 amide bonds. The summed E-state index contributed by atoms with van der Waals surface area (Å²) in [6.45, 7) is 13.3. The molecule has 0 radical (unpaired) electrons. The standard InChI is InChI=1S/C18H33N5O.HI/c1-13(2)10-20-18(19-5)21-11-16-6-8-23(9-7-16)12-17-22-14(3)15(4)24-17;/h13,16H,6-12H2,1-5H3,(H2,19,20,21);1H.